The van der Waals surface area contributed by atoms with Crippen LogP contribution < -0.4 is 21.2 Å². The van der Waals surface area contributed by atoms with Gasteiger partial charge in [-0.1, -0.05) is 145 Å². The molecule has 0 N–H and O–H groups in total. The molecular weight excluding hydrogens is 436 g/mol. The Morgan fingerprint density at radius 1 is 0.485 bits per heavy atom. The number of hydrogen-bond donors (Lipinski definition) is 0. The van der Waals surface area contributed by atoms with Crippen LogP contribution in [-0.2, 0) is 0 Å². The van der Waals surface area contributed by atoms with Gasteiger partial charge in [0.05, 0.1) is 0 Å². The Morgan fingerprint density at radius 3 is 1.36 bits per heavy atom. The topological polar surface area (TPSA) is 14.1 Å². The van der Waals surface area contributed by atoms with Crippen LogP contribution in [0.5, 0.6) is 0 Å². The van der Waals surface area contributed by atoms with Crippen molar-refractivity contribution in [1.82, 2.24) is 0 Å². The lowest BCUT2D eigenvalue weighted by molar-refractivity contribution is 1.02. The first-order valence-electron chi connectivity index (χ1n) is 11.6. The predicted octanol–water partition coefficient (Wildman–Crippen LogP) is 7.71. The summed E-state index contributed by atoms with van der Waals surface area (Å²) in [5.41, 5.74) is 3.44. The smallest absolute Gasteiger partial charge is 0.0147 e. The van der Waals surface area contributed by atoms with Crippen LogP contribution in [0.25, 0.3) is 5.32 Å². The lowest BCUT2D eigenvalue weighted by Crippen LogP contribution is -2.21. The molecule has 0 aliphatic carbocycles. The zero-order valence-electron chi connectivity index (χ0n) is 19.9. The molecule has 168 valence electrons. The molecule has 0 bridgehead atoms. The Bertz CT molecular complexity index is 1110. The third-order valence-corrected chi connectivity index (χ3v) is 11.3. The molecular formula is C30H32NP2-. The highest BCUT2D eigenvalue weighted by molar-refractivity contribution is 7.80. The standard InChI is InChI=1S/C30H32NP2/c1-23(2)32(24(3)4)29-21-13-11-19-27(29)31-28-20-12-14-22-30(28)33(25-15-7-5-8-16-25)26-17-9-6-10-18-26/h5-24H,1-4H3/q-1. The number of benzene rings is 4. The Balaban J connectivity index is 1.81. The highest BCUT2D eigenvalue weighted by Gasteiger charge is 2.20. The van der Waals surface area contributed by atoms with E-state index in [0.29, 0.717) is 11.3 Å². The summed E-state index contributed by atoms with van der Waals surface area (Å²) in [6.07, 6.45) is 0. The summed E-state index contributed by atoms with van der Waals surface area (Å²) in [4.78, 5) is 0. The molecule has 0 fully saturated rings. The van der Waals surface area contributed by atoms with Crippen LogP contribution in [0.4, 0.5) is 11.4 Å². The van der Waals surface area contributed by atoms with Crippen LogP contribution in [0.3, 0.4) is 0 Å². The molecule has 0 spiro atoms. The lowest BCUT2D eigenvalue weighted by Gasteiger charge is -2.36. The van der Waals surface area contributed by atoms with Crippen LogP contribution in [0, 0.1) is 0 Å². The van der Waals surface area contributed by atoms with Crippen molar-refractivity contribution in [1.29, 1.82) is 0 Å². The molecule has 0 aromatic heterocycles. The van der Waals surface area contributed by atoms with E-state index >= 15 is 0 Å². The molecule has 0 radical (unpaired) electrons. The summed E-state index contributed by atoms with van der Waals surface area (Å²) in [7, 11) is -0.993. The van der Waals surface area contributed by atoms with E-state index in [1.807, 2.05) is 0 Å². The maximum Gasteiger partial charge on any atom is -0.0147 e. The largest absolute Gasteiger partial charge is 0.657 e. The van der Waals surface area contributed by atoms with Crippen LogP contribution in [-0.4, -0.2) is 11.3 Å². The minimum Gasteiger partial charge on any atom is -0.657 e. The second-order valence-corrected chi connectivity index (χ2v) is 14.2. The lowest BCUT2D eigenvalue weighted by atomic mass is 10.2. The van der Waals surface area contributed by atoms with Crippen molar-refractivity contribution in [3.8, 4) is 0 Å². The van der Waals surface area contributed by atoms with Crippen LogP contribution in [0.2, 0.25) is 0 Å². The molecule has 0 atom stereocenters. The quantitative estimate of drug-likeness (QED) is 0.235. The zero-order valence-corrected chi connectivity index (χ0v) is 21.7. The van der Waals surface area contributed by atoms with Gasteiger partial charge in [0.15, 0.2) is 0 Å². The first-order valence-corrected chi connectivity index (χ1v) is 14.5. The van der Waals surface area contributed by atoms with Crippen molar-refractivity contribution in [3.05, 3.63) is 115 Å². The minimum atomic E-state index is -0.701. The maximum atomic E-state index is 5.33. The van der Waals surface area contributed by atoms with Gasteiger partial charge >= 0.3 is 0 Å². The van der Waals surface area contributed by atoms with Crippen molar-refractivity contribution in [2.75, 3.05) is 0 Å². The molecule has 0 unspecified atom stereocenters. The minimum absolute atomic E-state index is 0.292. The molecule has 0 aliphatic heterocycles. The van der Waals surface area contributed by atoms with E-state index in [1.54, 1.807) is 0 Å². The zero-order chi connectivity index (χ0) is 23.2. The van der Waals surface area contributed by atoms with E-state index in [0.717, 1.165) is 11.4 Å². The number of nitrogens with zero attached hydrogens (tertiary/aromatic N) is 1. The van der Waals surface area contributed by atoms with Crippen molar-refractivity contribution >= 4 is 48.4 Å². The summed E-state index contributed by atoms with van der Waals surface area (Å²) in [5, 5.41) is 10.7. The van der Waals surface area contributed by atoms with Gasteiger partial charge in [-0.3, -0.25) is 0 Å². The molecule has 0 heterocycles. The highest BCUT2D eigenvalue weighted by Crippen LogP contribution is 2.49. The van der Waals surface area contributed by atoms with Gasteiger partial charge < -0.3 is 5.32 Å². The molecule has 0 saturated heterocycles. The van der Waals surface area contributed by atoms with Gasteiger partial charge in [0, 0.05) is 0 Å². The maximum absolute atomic E-state index is 5.33. The van der Waals surface area contributed by atoms with E-state index in [-0.39, 0.29) is 7.92 Å². The molecule has 4 rings (SSSR count). The van der Waals surface area contributed by atoms with Crippen molar-refractivity contribution in [2.45, 2.75) is 39.0 Å². The highest BCUT2D eigenvalue weighted by atomic mass is 31.1. The fourth-order valence-electron chi connectivity index (χ4n) is 4.39. The second-order valence-electron chi connectivity index (χ2n) is 8.69. The van der Waals surface area contributed by atoms with Gasteiger partial charge in [-0.25, -0.2) is 0 Å². The number of hydrogen-bond acceptors (Lipinski definition) is 0. The fraction of sp³-hybridized carbons (Fsp3) is 0.200. The third-order valence-electron chi connectivity index (χ3n) is 5.66. The molecule has 1 nitrogen and oxygen atoms in total. The number of para-hydroxylation sites is 2. The fourth-order valence-corrected chi connectivity index (χ4v) is 9.72. The first kappa shape index (κ1) is 23.7. The Kier molecular flexibility index (Phi) is 7.97. The summed E-state index contributed by atoms with van der Waals surface area (Å²) < 4.78 is 0. The number of rotatable bonds is 8. The van der Waals surface area contributed by atoms with Gasteiger partial charge in [-0.05, 0) is 40.5 Å². The molecule has 4 aromatic rings. The van der Waals surface area contributed by atoms with Gasteiger partial charge in [0.25, 0.3) is 0 Å². The van der Waals surface area contributed by atoms with E-state index in [2.05, 4.69) is 137 Å². The average molecular weight is 469 g/mol. The van der Waals surface area contributed by atoms with Gasteiger partial charge in [-0.15, -0.1) is 11.4 Å². The van der Waals surface area contributed by atoms with Crippen molar-refractivity contribution < 1.29 is 0 Å². The van der Waals surface area contributed by atoms with E-state index in [4.69, 9.17) is 5.32 Å². The average Bonchev–Trinajstić information content (AvgIpc) is 2.82. The van der Waals surface area contributed by atoms with E-state index < -0.39 is 7.92 Å². The van der Waals surface area contributed by atoms with Crippen molar-refractivity contribution in [3.63, 3.8) is 0 Å². The van der Waals surface area contributed by atoms with Crippen molar-refractivity contribution in [2.24, 2.45) is 0 Å². The SMILES string of the molecule is CC(C)P(c1ccccc1[N-]c1ccccc1P(c1ccccc1)c1ccccc1)C(C)C. The molecule has 3 heteroatoms. The summed E-state index contributed by atoms with van der Waals surface area (Å²) in [6.45, 7) is 9.39. The normalized spacial score (nSPS) is 11.5. The Morgan fingerprint density at radius 2 is 0.879 bits per heavy atom. The molecule has 0 amide bonds. The van der Waals surface area contributed by atoms with Gasteiger partial charge in [-0.2, -0.15) is 0 Å². The predicted molar refractivity (Wildman–Crippen MR) is 151 cm³/mol. The van der Waals surface area contributed by atoms with Gasteiger partial charge in [0.1, 0.15) is 0 Å². The van der Waals surface area contributed by atoms with Crippen LogP contribution >= 0.6 is 15.8 Å². The summed E-state index contributed by atoms with van der Waals surface area (Å²) >= 11 is 0. The third kappa shape index (κ3) is 5.55. The Hall–Kier alpha value is -2.46. The van der Waals surface area contributed by atoms with Crippen LogP contribution in [0.1, 0.15) is 27.7 Å². The molecule has 0 aliphatic rings. The Labute approximate surface area is 201 Å². The molecule has 0 saturated carbocycles. The van der Waals surface area contributed by atoms with Crippen LogP contribution in [0.15, 0.2) is 109 Å². The second kappa shape index (κ2) is 11.1. The molecule has 4 aromatic carbocycles. The van der Waals surface area contributed by atoms with Gasteiger partial charge in [0.2, 0.25) is 0 Å². The first-order chi connectivity index (χ1) is 16.1. The summed E-state index contributed by atoms with van der Waals surface area (Å²) in [5.74, 6) is 0. The van der Waals surface area contributed by atoms with E-state index in [1.165, 1.54) is 21.2 Å². The molecule has 33 heavy (non-hydrogen) atoms. The van der Waals surface area contributed by atoms with E-state index in [9.17, 15) is 0 Å². The summed E-state index contributed by atoms with van der Waals surface area (Å²) in [6, 6.07) is 39.2. The monoisotopic (exact) mass is 468 g/mol.